The first-order chi connectivity index (χ1) is 10.6. The lowest BCUT2D eigenvalue weighted by Gasteiger charge is -2.29. The number of aryl methyl sites for hydroxylation is 2. The first-order valence-electron chi connectivity index (χ1n) is 8.04. The monoisotopic (exact) mass is 318 g/mol. The van der Waals surface area contributed by atoms with Crippen LogP contribution in [0.25, 0.3) is 0 Å². The molecule has 2 aromatic rings. The maximum absolute atomic E-state index is 6.36. The van der Waals surface area contributed by atoms with E-state index < -0.39 is 0 Å². The minimum atomic E-state index is 0.630. The van der Waals surface area contributed by atoms with Gasteiger partial charge in [-0.2, -0.15) is 0 Å². The predicted octanol–water partition coefficient (Wildman–Crippen LogP) is 4.89. The SMILES string of the molecule is Cc1noc(C)c1CN(Cc1ccccc1Cl)C1CCCC1. The summed E-state index contributed by atoms with van der Waals surface area (Å²) in [6, 6.07) is 8.77. The quantitative estimate of drug-likeness (QED) is 0.786. The largest absolute Gasteiger partial charge is 0.361 e. The molecule has 0 spiro atoms. The molecule has 1 fully saturated rings. The third-order valence-electron chi connectivity index (χ3n) is 4.71. The van der Waals surface area contributed by atoms with Gasteiger partial charge in [0.1, 0.15) is 5.76 Å². The molecule has 22 heavy (non-hydrogen) atoms. The fourth-order valence-electron chi connectivity index (χ4n) is 3.36. The number of hydrogen-bond donors (Lipinski definition) is 0. The van der Waals surface area contributed by atoms with Crippen LogP contribution in [0.15, 0.2) is 28.8 Å². The van der Waals surface area contributed by atoms with E-state index in [0.717, 1.165) is 29.6 Å². The van der Waals surface area contributed by atoms with Crippen LogP contribution in [0.3, 0.4) is 0 Å². The average molecular weight is 319 g/mol. The van der Waals surface area contributed by atoms with Gasteiger partial charge < -0.3 is 4.52 Å². The van der Waals surface area contributed by atoms with Crippen molar-refractivity contribution in [2.24, 2.45) is 0 Å². The molecule has 1 saturated carbocycles. The summed E-state index contributed by atoms with van der Waals surface area (Å²) in [5.41, 5.74) is 3.42. The zero-order valence-corrected chi connectivity index (χ0v) is 14.1. The van der Waals surface area contributed by atoms with E-state index in [-0.39, 0.29) is 0 Å². The van der Waals surface area contributed by atoms with Gasteiger partial charge in [0.05, 0.1) is 5.69 Å². The highest BCUT2D eigenvalue weighted by Crippen LogP contribution is 2.29. The highest BCUT2D eigenvalue weighted by atomic mass is 35.5. The topological polar surface area (TPSA) is 29.3 Å². The Bertz CT molecular complexity index is 612. The summed E-state index contributed by atoms with van der Waals surface area (Å²) in [5, 5.41) is 4.94. The van der Waals surface area contributed by atoms with Crippen molar-refractivity contribution in [1.29, 1.82) is 0 Å². The number of hydrogen-bond acceptors (Lipinski definition) is 3. The van der Waals surface area contributed by atoms with Crippen LogP contribution in [-0.2, 0) is 13.1 Å². The molecule has 0 aliphatic heterocycles. The smallest absolute Gasteiger partial charge is 0.138 e. The molecule has 0 N–H and O–H groups in total. The van der Waals surface area contributed by atoms with Crippen LogP contribution in [0.5, 0.6) is 0 Å². The van der Waals surface area contributed by atoms with Gasteiger partial charge in [0.15, 0.2) is 0 Å². The number of aromatic nitrogens is 1. The molecule has 1 heterocycles. The third kappa shape index (κ3) is 3.36. The van der Waals surface area contributed by atoms with E-state index in [1.165, 1.54) is 36.8 Å². The van der Waals surface area contributed by atoms with Crippen LogP contribution < -0.4 is 0 Å². The molecule has 0 bridgehead atoms. The lowest BCUT2D eigenvalue weighted by Crippen LogP contribution is -2.32. The van der Waals surface area contributed by atoms with Gasteiger partial charge in [0.25, 0.3) is 0 Å². The molecule has 1 aliphatic carbocycles. The van der Waals surface area contributed by atoms with Gasteiger partial charge in [0, 0.05) is 29.7 Å². The highest BCUT2D eigenvalue weighted by Gasteiger charge is 2.25. The first-order valence-corrected chi connectivity index (χ1v) is 8.42. The Balaban J connectivity index is 1.82. The van der Waals surface area contributed by atoms with Crippen LogP contribution in [-0.4, -0.2) is 16.1 Å². The minimum Gasteiger partial charge on any atom is -0.361 e. The van der Waals surface area contributed by atoms with E-state index in [9.17, 15) is 0 Å². The van der Waals surface area contributed by atoms with E-state index in [1.807, 2.05) is 26.0 Å². The molecule has 0 unspecified atom stereocenters. The maximum Gasteiger partial charge on any atom is 0.138 e. The van der Waals surface area contributed by atoms with Gasteiger partial charge in [-0.25, -0.2) is 0 Å². The molecule has 0 saturated heterocycles. The van der Waals surface area contributed by atoms with Crippen LogP contribution >= 0.6 is 11.6 Å². The molecule has 0 amide bonds. The molecule has 0 radical (unpaired) electrons. The summed E-state index contributed by atoms with van der Waals surface area (Å²) in [4.78, 5) is 2.54. The van der Waals surface area contributed by atoms with E-state index >= 15 is 0 Å². The lowest BCUT2D eigenvalue weighted by atomic mass is 10.1. The molecule has 118 valence electrons. The molecule has 3 rings (SSSR count). The van der Waals surface area contributed by atoms with Crippen molar-refractivity contribution in [2.45, 2.75) is 58.7 Å². The Kier molecular flexibility index (Phi) is 4.84. The summed E-state index contributed by atoms with van der Waals surface area (Å²) >= 11 is 6.36. The van der Waals surface area contributed by atoms with Crippen molar-refractivity contribution in [3.8, 4) is 0 Å². The molecular formula is C18H23ClN2O. The molecule has 4 heteroatoms. The summed E-state index contributed by atoms with van der Waals surface area (Å²) in [6.07, 6.45) is 5.19. The van der Waals surface area contributed by atoms with Gasteiger partial charge in [-0.15, -0.1) is 0 Å². The Morgan fingerprint density at radius 2 is 1.91 bits per heavy atom. The molecule has 0 atom stereocenters. The molecular weight excluding hydrogens is 296 g/mol. The Labute approximate surface area is 137 Å². The second-order valence-corrected chi connectivity index (χ2v) is 6.64. The van der Waals surface area contributed by atoms with E-state index in [2.05, 4.69) is 22.2 Å². The Hall–Kier alpha value is -1.32. The van der Waals surface area contributed by atoms with Gasteiger partial charge in [0.2, 0.25) is 0 Å². The predicted molar refractivity (Wildman–Crippen MR) is 88.9 cm³/mol. The van der Waals surface area contributed by atoms with Crippen molar-refractivity contribution in [3.63, 3.8) is 0 Å². The van der Waals surface area contributed by atoms with Crippen molar-refractivity contribution in [1.82, 2.24) is 10.1 Å². The van der Waals surface area contributed by atoms with Crippen LogP contribution in [0.4, 0.5) is 0 Å². The minimum absolute atomic E-state index is 0.630. The second-order valence-electron chi connectivity index (χ2n) is 6.24. The number of nitrogens with zero attached hydrogens (tertiary/aromatic N) is 2. The average Bonchev–Trinajstić information content (AvgIpc) is 3.14. The maximum atomic E-state index is 6.36. The lowest BCUT2D eigenvalue weighted by molar-refractivity contribution is 0.179. The number of benzene rings is 1. The van der Waals surface area contributed by atoms with Crippen LogP contribution in [0, 0.1) is 13.8 Å². The fraction of sp³-hybridized carbons (Fsp3) is 0.500. The van der Waals surface area contributed by atoms with Gasteiger partial charge in [-0.3, -0.25) is 4.90 Å². The van der Waals surface area contributed by atoms with E-state index in [1.54, 1.807) is 0 Å². The standard InChI is InChI=1S/C18H23ClN2O/c1-13-17(14(2)22-20-13)12-21(16-8-4-5-9-16)11-15-7-3-6-10-18(15)19/h3,6-7,10,16H,4-5,8-9,11-12H2,1-2H3. The highest BCUT2D eigenvalue weighted by molar-refractivity contribution is 6.31. The van der Waals surface area contributed by atoms with Crippen LogP contribution in [0.2, 0.25) is 5.02 Å². The van der Waals surface area contributed by atoms with E-state index in [0.29, 0.717) is 6.04 Å². The van der Waals surface area contributed by atoms with Crippen molar-refractivity contribution in [2.75, 3.05) is 0 Å². The summed E-state index contributed by atoms with van der Waals surface area (Å²) in [7, 11) is 0. The van der Waals surface area contributed by atoms with Crippen molar-refractivity contribution >= 4 is 11.6 Å². The number of rotatable bonds is 5. The normalized spacial score (nSPS) is 15.8. The zero-order chi connectivity index (χ0) is 15.5. The first kappa shape index (κ1) is 15.6. The molecule has 1 aliphatic rings. The Morgan fingerprint density at radius 1 is 1.18 bits per heavy atom. The van der Waals surface area contributed by atoms with E-state index in [4.69, 9.17) is 16.1 Å². The van der Waals surface area contributed by atoms with Crippen LogP contribution in [0.1, 0.15) is 48.3 Å². The molecule has 3 nitrogen and oxygen atoms in total. The van der Waals surface area contributed by atoms with Gasteiger partial charge in [-0.1, -0.05) is 47.8 Å². The van der Waals surface area contributed by atoms with Crippen molar-refractivity contribution in [3.05, 3.63) is 51.9 Å². The summed E-state index contributed by atoms with van der Waals surface area (Å²) in [5.74, 6) is 0.930. The van der Waals surface area contributed by atoms with Gasteiger partial charge in [-0.05, 0) is 38.3 Å². The number of halogens is 1. The summed E-state index contributed by atoms with van der Waals surface area (Å²) < 4.78 is 5.33. The molecule has 1 aromatic heterocycles. The van der Waals surface area contributed by atoms with Crippen molar-refractivity contribution < 1.29 is 4.52 Å². The zero-order valence-electron chi connectivity index (χ0n) is 13.3. The molecule has 1 aromatic carbocycles. The van der Waals surface area contributed by atoms with Gasteiger partial charge >= 0.3 is 0 Å². The fourth-order valence-corrected chi connectivity index (χ4v) is 3.56. The second kappa shape index (κ2) is 6.84. The summed E-state index contributed by atoms with van der Waals surface area (Å²) in [6.45, 7) is 5.79. The Morgan fingerprint density at radius 3 is 2.55 bits per heavy atom. The third-order valence-corrected chi connectivity index (χ3v) is 5.08.